The molecule has 2 N–H and O–H groups in total. The summed E-state index contributed by atoms with van der Waals surface area (Å²) in [6.07, 6.45) is 1.99. The molecule has 5 heteroatoms. The van der Waals surface area contributed by atoms with Crippen molar-refractivity contribution < 1.29 is 4.79 Å². The van der Waals surface area contributed by atoms with Crippen molar-refractivity contribution >= 4 is 23.2 Å². The number of rotatable bonds is 3. The molecule has 1 heterocycles. The topological polar surface area (TPSA) is 49.6 Å². The van der Waals surface area contributed by atoms with Crippen molar-refractivity contribution in [2.24, 2.45) is 0 Å². The number of hydrogen-bond acceptors (Lipinski definition) is 3. The van der Waals surface area contributed by atoms with Crippen LogP contribution < -0.4 is 5.73 Å². The molecule has 104 valence electrons. The Morgan fingerprint density at radius 3 is 2.89 bits per heavy atom. The summed E-state index contributed by atoms with van der Waals surface area (Å²) in [6.45, 7) is 1.69. The first-order valence-electron chi connectivity index (χ1n) is 6.48. The second-order valence-corrected chi connectivity index (χ2v) is 5.62. The summed E-state index contributed by atoms with van der Waals surface area (Å²) in [7, 11) is 3.61. The number of carbonyl (C=O) groups excluding carboxylic acids is 1. The molecule has 0 spiro atoms. The number of anilines is 1. The molecular weight excluding hydrogens is 262 g/mol. The van der Waals surface area contributed by atoms with Crippen LogP contribution in [0.3, 0.4) is 0 Å². The van der Waals surface area contributed by atoms with E-state index in [4.69, 9.17) is 17.3 Å². The second-order valence-electron chi connectivity index (χ2n) is 5.22. The quantitative estimate of drug-likeness (QED) is 0.862. The third kappa shape index (κ3) is 3.19. The number of benzene rings is 1. The van der Waals surface area contributed by atoms with Crippen molar-refractivity contribution in [3.8, 4) is 0 Å². The van der Waals surface area contributed by atoms with Gasteiger partial charge in [-0.2, -0.15) is 0 Å². The molecule has 1 saturated heterocycles. The van der Waals surface area contributed by atoms with Gasteiger partial charge < -0.3 is 10.6 Å². The minimum absolute atomic E-state index is 0.00750. The van der Waals surface area contributed by atoms with Crippen LogP contribution in [-0.2, 0) is 11.3 Å². The zero-order chi connectivity index (χ0) is 14.0. The van der Waals surface area contributed by atoms with Crippen molar-refractivity contribution in [1.82, 2.24) is 9.80 Å². The van der Waals surface area contributed by atoms with E-state index in [2.05, 4.69) is 4.90 Å². The molecule has 1 amide bonds. The lowest BCUT2D eigenvalue weighted by atomic mass is 10.1. The van der Waals surface area contributed by atoms with Crippen LogP contribution in [0.25, 0.3) is 0 Å². The number of likely N-dealkylation sites (tertiary alicyclic amines) is 1. The number of carbonyl (C=O) groups is 1. The van der Waals surface area contributed by atoms with Gasteiger partial charge in [-0.05, 0) is 37.1 Å². The van der Waals surface area contributed by atoms with Crippen LogP contribution in [0.1, 0.15) is 18.4 Å². The predicted octanol–water partition coefficient (Wildman–Crippen LogP) is 1.97. The highest BCUT2D eigenvalue weighted by atomic mass is 35.5. The molecule has 1 aliphatic rings. The van der Waals surface area contributed by atoms with Crippen molar-refractivity contribution in [3.05, 3.63) is 28.8 Å². The number of hydrogen-bond donors (Lipinski definition) is 1. The molecule has 1 fully saturated rings. The van der Waals surface area contributed by atoms with Crippen molar-refractivity contribution in [1.29, 1.82) is 0 Å². The maximum Gasteiger partial charge on any atom is 0.239 e. The van der Waals surface area contributed by atoms with Gasteiger partial charge in [0.05, 0.1) is 16.8 Å². The highest BCUT2D eigenvalue weighted by Gasteiger charge is 2.31. The standard InChI is InChI=1S/C14H20ClN3O/c1-17(2)14(19)13-4-3-7-18(13)9-10-5-6-11(15)12(16)8-10/h5-6,8,13H,3-4,7,9,16H2,1-2H3. The normalized spacial score (nSPS) is 19.6. The van der Waals surface area contributed by atoms with Gasteiger partial charge in [0.2, 0.25) is 5.91 Å². The fourth-order valence-corrected chi connectivity index (χ4v) is 2.64. The molecule has 1 unspecified atom stereocenters. The van der Waals surface area contributed by atoms with Crippen LogP contribution in [0.4, 0.5) is 5.69 Å². The van der Waals surface area contributed by atoms with Gasteiger partial charge in [-0.3, -0.25) is 9.69 Å². The van der Waals surface area contributed by atoms with Gasteiger partial charge in [-0.15, -0.1) is 0 Å². The molecule has 0 bridgehead atoms. The first kappa shape index (κ1) is 14.2. The molecule has 0 radical (unpaired) electrons. The summed E-state index contributed by atoms with van der Waals surface area (Å²) >= 11 is 5.92. The first-order valence-corrected chi connectivity index (χ1v) is 6.86. The molecule has 1 atom stereocenters. The van der Waals surface area contributed by atoms with Crippen LogP contribution in [0, 0.1) is 0 Å². The van der Waals surface area contributed by atoms with Crippen molar-refractivity contribution in [2.45, 2.75) is 25.4 Å². The molecule has 1 aromatic carbocycles. The third-order valence-electron chi connectivity index (χ3n) is 3.54. The van der Waals surface area contributed by atoms with Gasteiger partial charge in [0.1, 0.15) is 0 Å². The maximum atomic E-state index is 12.1. The van der Waals surface area contributed by atoms with Gasteiger partial charge in [-0.1, -0.05) is 17.7 Å². The number of nitrogen functional groups attached to an aromatic ring is 1. The van der Waals surface area contributed by atoms with E-state index >= 15 is 0 Å². The van der Waals surface area contributed by atoms with E-state index in [0.717, 1.165) is 31.5 Å². The van der Waals surface area contributed by atoms with Crippen molar-refractivity contribution in [2.75, 3.05) is 26.4 Å². The third-order valence-corrected chi connectivity index (χ3v) is 3.88. The largest absolute Gasteiger partial charge is 0.398 e. The average Bonchev–Trinajstić information content (AvgIpc) is 2.81. The smallest absolute Gasteiger partial charge is 0.239 e. The number of amides is 1. The number of nitrogens with two attached hydrogens (primary N) is 1. The summed E-state index contributed by atoms with van der Waals surface area (Å²) in [6, 6.07) is 5.66. The van der Waals surface area contributed by atoms with Gasteiger partial charge in [0.15, 0.2) is 0 Å². The Labute approximate surface area is 119 Å². The molecule has 1 aliphatic heterocycles. The van der Waals surface area contributed by atoms with E-state index in [1.807, 2.05) is 18.2 Å². The highest BCUT2D eigenvalue weighted by molar-refractivity contribution is 6.33. The Kier molecular flexibility index (Phi) is 4.32. The molecule has 19 heavy (non-hydrogen) atoms. The monoisotopic (exact) mass is 281 g/mol. The summed E-state index contributed by atoms with van der Waals surface area (Å²) in [4.78, 5) is 16.0. The maximum absolute atomic E-state index is 12.1. The van der Waals surface area contributed by atoms with Crippen LogP contribution in [0.15, 0.2) is 18.2 Å². The number of halogens is 1. The van der Waals surface area contributed by atoms with Crippen LogP contribution >= 0.6 is 11.6 Å². The first-order chi connectivity index (χ1) is 8.99. The van der Waals surface area contributed by atoms with Crippen LogP contribution in [0.2, 0.25) is 5.02 Å². The molecule has 0 saturated carbocycles. The van der Waals surface area contributed by atoms with Gasteiger partial charge in [0, 0.05) is 20.6 Å². The Balaban J connectivity index is 2.09. The van der Waals surface area contributed by atoms with Gasteiger partial charge in [0.25, 0.3) is 0 Å². The Morgan fingerprint density at radius 2 is 2.26 bits per heavy atom. The Hall–Kier alpha value is -1.26. The lowest BCUT2D eigenvalue weighted by Crippen LogP contribution is -2.42. The number of likely N-dealkylation sites (N-methyl/N-ethyl adjacent to an activating group) is 1. The summed E-state index contributed by atoms with van der Waals surface area (Å²) in [5.74, 6) is 0.180. The van der Waals surface area contributed by atoms with E-state index < -0.39 is 0 Å². The molecular formula is C14H20ClN3O. The molecule has 2 rings (SSSR count). The predicted molar refractivity (Wildman–Crippen MR) is 78.0 cm³/mol. The SMILES string of the molecule is CN(C)C(=O)C1CCCN1Cc1ccc(Cl)c(N)c1. The molecule has 4 nitrogen and oxygen atoms in total. The minimum Gasteiger partial charge on any atom is -0.398 e. The summed E-state index contributed by atoms with van der Waals surface area (Å²) < 4.78 is 0. The van der Waals surface area contributed by atoms with Gasteiger partial charge >= 0.3 is 0 Å². The fraction of sp³-hybridized carbons (Fsp3) is 0.500. The summed E-state index contributed by atoms with van der Waals surface area (Å²) in [5.41, 5.74) is 7.50. The van der Waals surface area contributed by atoms with Gasteiger partial charge in [-0.25, -0.2) is 0 Å². The number of nitrogens with zero attached hydrogens (tertiary/aromatic N) is 2. The van der Waals surface area contributed by atoms with Crippen LogP contribution in [-0.4, -0.2) is 42.4 Å². The van der Waals surface area contributed by atoms with E-state index in [-0.39, 0.29) is 11.9 Å². The highest BCUT2D eigenvalue weighted by Crippen LogP contribution is 2.24. The summed E-state index contributed by atoms with van der Waals surface area (Å²) in [5, 5.41) is 0.575. The molecule has 0 aromatic heterocycles. The average molecular weight is 282 g/mol. The Morgan fingerprint density at radius 1 is 1.53 bits per heavy atom. The van der Waals surface area contributed by atoms with Crippen LogP contribution in [0.5, 0.6) is 0 Å². The lowest BCUT2D eigenvalue weighted by Gasteiger charge is -2.26. The van der Waals surface area contributed by atoms with E-state index in [0.29, 0.717) is 10.7 Å². The van der Waals surface area contributed by atoms with E-state index in [9.17, 15) is 4.79 Å². The molecule has 1 aromatic rings. The lowest BCUT2D eigenvalue weighted by molar-refractivity contribution is -0.133. The molecule has 0 aliphatic carbocycles. The fourth-order valence-electron chi connectivity index (χ4n) is 2.52. The second kappa shape index (κ2) is 5.80. The minimum atomic E-state index is -0.00750. The van der Waals surface area contributed by atoms with E-state index in [1.54, 1.807) is 19.0 Å². The van der Waals surface area contributed by atoms with Crippen molar-refractivity contribution in [3.63, 3.8) is 0 Å². The zero-order valence-corrected chi connectivity index (χ0v) is 12.2. The zero-order valence-electron chi connectivity index (χ0n) is 11.4. The van der Waals surface area contributed by atoms with E-state index in [1.165, 1.54) is 0 Å². The Bertz CT molecular complexity index is 476.